The highest BCUT2D eigenvalue weighted by Crippen LogP contribution is 2.35. The van der Waals surface area contributed by atoms with Crippen molar-refractivity contribution in [3.05, 3.63) is 47.5 Å². The van der Waals surface area contributed by atoms with Crippen LogP contribution in [0, 0.1) is 0 Å². The summed E-state index contributed by atoms with van der Waals surface area (Å²) in [6.45, 7) is 3.15. The molecule has 1 amide bonds. The molecule has 1 aliphatic rings. The SMILES string of the molecule is CN1CCN(c2ccccc2S(=O)(=O)c2ccc(NC(=O)C(C)(O)C(F)(F)F)c(Cl)c2)CC1. The number of nitrogens with one attached hydrogen (secondary N) is 1. The van der Waals surface area contributed by atoms with Gasteiger partial charge >= 0.3 is 6.18 Å². The molecule has 2 aromatic rings. The van der Waals surface area contributed by atoms with Crippen LogP contribution in [0.3, 0.4) is 0 Å². The van der Waals surface area contributed by atoms with Gasteiger partial charge in [0.05, 0.1) is 26.2 Å². The first-order valence-electron chi connectivity index (χ1n) is 9.93. The van der Waals surface area contributed by atoms with Crippen molar-refractivity contribution >= 4 is 38.7 Å². The Labute approximate surface area is 194 Å². The highest BCUT2D eigenvalue weighted by Gasteiger charge is 2.55. The van der Waals surface area contributed by atoms with E-state index in [1.807, 2.05) is 17.3 Å². The Morgan fingerprint density at radius 3 is 2.27 bits per heavy atom. The predicted molar refractivity (Wildman–Crippen MR) is 118 cm³/mol. The Bertz CT molecular complexity index is 1150. The van der Waals surface area contributed by atoms with Gasteiger partial charge in [-0.05, 0) is 44.3 Å². The molecule has 180 valence electrons. The van der Waals surface area contributed by atoms with E-state index in [1.54, 1.807) is 18.2 Å². The van der Waals surface area contributed by atoms with Gasteiger partial charge in [0.25, 0.3) is 5.91 Å². The number of hydrogen-bond donors (Lipinski definition) is 2. The van der Waals surface area contributed by atoms with Crippen LogP contribution < -0.4 is 10.2 Å². The normalized spacial score (nSPS) is 17.5. The minimum atomic E-state index is -5.21. The number of alkyl halides is 3. The van der Waals surface area contributed by atoms with E-state index in [0.29, 0.717) is 25.7 Å². The maximum atomic E-state index is 13.4. The second-order valence-corrected chi connectivity index (χ2v) is 10.3. The van der Waals surface area contributed by atoms with Gasteiger partial charge in [-0.15, -0.1) is 0 Å². The molecule has 3 rings (SSSR count). The number of aliphatic hydroxyl groups is 1. The number of rotatable bonds is 5. The quantitative estimate of drug-likeness (QED) is 0.649. The Kier molecular flexibility index (Phi) is 6.99. The van der Waals surface area contributed by atoms with Crippen LogP contribution in [0.1, 0.15) is 6.92 Å². The standard InChI is InChI=1S/C21H23ClF3N3O4S/c1-20(30,21(23,24)25)19(29)26-16-8-7-14(13-15(16)22)33(31,32)18-6-4-3-5-17(18)28-11-9-27(2)10-12-28/h3-8,13,30H,9-12H2,1-2H3,(H,26,29). The van der Waals surface area contributed by atoms with Gasteiger partial charge in [-0.1, -0.05) is 23.7 Å². The van der Waals surface area contributed by atoms with E-state index in [0.717, 1.165) is 31.3 Å². The van der Waals surface area contributed by atoms with E-state index < -0.39 is 27.5 Å². The predicted octanol–water partition coefficient (Wildman–Crippen LogP) is 3.18. The van der Waals surface area contributed by atoms with Crippen LogP contribution in [0.15, 0.2) is 52.3 Å². The zero-order valence-corrected chi connectivity index (χ0v) is 19.4. The molecular weight excluding hydrogens is 483 g/mol. The van der Waals surface area contributed by atoms with Crippen LogP contribution in [0.4, 0.5) is 24.5 Å². The van der Waals surface area contributed by atoms with Crippen molar-refractivity contribution in [3.8, 4) is 0 Å². The summed E-state index contributed by atoms with van der Waals surface area (Å²) in [7, 11) is -2.05. The lowest BCUT2D eigenvalue weighted by atomic mass is 10.1. The van der Waals surface area contributed by atoms with Gasteiger partial charge in [0.15, 0.2) is 0 Å². The van der Waals surface area contributed by atoms with Gasteiger partial charge in [0.2, 0.25) is 15.4 Å². The Morgan fingerprint density at radius 2 is 1.70 bits per heavy atom. The molecule has 2 N–H and O–H groups in total. The molecular formula is C21H23ClF3N3O4S. The molecule has 1 fully saturated rings. The number of sulfone groups is 1. The molecule has 0 bridgehead atoms. The smallest absolute Gasteiger partial charge is 0.373 e. The number of benzene rings is 2. The second-order valence-electron chi connectivity index (χ2n) is 7.93. The third-order valence-electron chi connectivity index (χ3n) is 5.49. The first-order valence-corrected chi connectivity index (χ1v) is 11.8. The molecule has 1 heterocycles. The average Bonchev–Trinajstić information content (AvgIpc) is 2.74. The summed E-state index contributed by atoms with van der Waals surface area (Å²) in [6, 6.07) is 9.81. The fraction of sp³-hybridized carbons (Fsp3) is 0.381. The van der Waals surface area contributed by atoms with Crippen LogP contribution in [0.25, 0.3) is 0 Å². The first kappa shape index (κ1) is 25.3. The van der Waals surface area contributed by atoms with E-state index in [-0.39, 0.29) is 20.5 Å². The molecule has 0 radical (unpaired) electrons. The molecule has 1 unspecified atom stereocenters. The Morgan fingerprint density at radius 1 is 1.09 bits per heavy atom. The van der Waals surface area contributed by atoms with Gasteiger partial charge in [-0.25, -0.2) is 8.42 Å². The number of nitrogens with zero attached hydrogens (tertiary/aromatic N) is 2. The first-order chi connectivity index (χ1) is 15.2. The molecule has 33 heavy (non-hydrogen) atoms. The zero-order chi connectivity index (χ0) is 24.6. The molecule has 0 aromatic heterocycles. The minimum absolute atomic E-state index is 0.0717. The van der Waals surface area contributed by atoms with Gasteiger partial charge in [-0.3, -0.25) is 4.79 Å². The fourth-order valence-corrected chi connectivity index (χ4v) is 5.05. The number of halogens is 4. The molecule has 1 atom stereocenters. The lowest BCUT2D eigenvalue weighted by Gasteiger charge is -2.35. The number of carbonyl (C=O) groups is 1. The Balaban J connectivity index is 1.91. The summed E-state index contributed by atoms with van der Waals surface area (Å²) in [5.41, 5.74) is -3.37. The number of anilines is 2. The monoisotopic (exact) mass is 505 g/mol. The molecule has 0 aliphatic carbocycles. The zero-order valence-electron chi connectivity index (χ0n) is 17.9. The maximum Gasteiger partial charge on any atom is 0.426 e. The number of piperazine rings is 1. The van der Waals surface area contributed by atoms with E-state index >= 15 is 0 Å². The summed E-state index contributed by atoms with van der Waals surface area (Å²) >= 11 is 6.08. The summed E-state index contributed by atoms with van der Waals surface area (Å²) in [4.78, 5) is 15.9. The van der Waals surface area contributed by atoms with Crippen molar-refractivity contribution in [1.82, 2.24) is 4.90 Å². The molecule has 1 saturated heterocycles. The highest BCUT2D eigenvalue weighted by molar-refractivity contribution is 7.91. The third-order valence-corrected chi connectivity index (χ3v) is 7.60. The lowest BCUT2D eigenvalue weighted by Crippen LogP contribution is -2.52. The maximum absolute atomic E-state index is 13.4. The fourth-order valence-electron chi connectivity index (χ4n) is 3.26. The van der Waals surface area contributed by atoms with Gasteiger partial charge in [0, 0.05) is 26.2 Å². The minimum Gasteiger partial charge on any atom is -0.373 e. The number of para-hydroxylation sites is 1. The summed E-state index contributed by atoms with van der Waals surface area (Å²) < 4.78 is 65.4. The third kappa shape index (κ3) is 5.11. The van der Waals surface area contributed by atoms with Crippen LogP contribution in [-0.2, 0) is 14.6 Å². The summed E-state index contributed by atoms with van der Waals surface area (Å²) in [5.74, 6) is -1.74. The summed E-state index contributed by atoms with van der Waals surface area (Å²) in [5, 5.41) is 11.1. The highest BCUT2D eigenvalue weighted by atomic mass is 35.5. The van der Waals surface area contributed by atoms with Gasteiger partial charge < -0.3 is 20.2 Å². The number of carbonyl (C=O) groups excluding carboxylic acids is 1. The van der Waals surface area contributed by atoms with Crippen LogP contribution in [0.5, 0.6) is 0 Å². The summed E-state index contributed by atoms with van der Waals surface area (Å²) in [6.07, 6.45) is -5.21. The van der Waals surface area contributed by atoms with Crippen LogP contribution in [0.2, 0.25) is 5.02 Å². The topological polar surface area (TPSA) is 90.0 Å². The molecule has 2 aromatic carbocycles. The molecule has 0 spiro atoms. The molecule has 1 aliphatic heterocycles. The second kappa shape index (κ2) is 9.13. The number of amides is 1. The van der Waals surface area contributed by atoms with Gasteiger partial charge in [0.1, 0.15) is 0 Å². The average molecular weight is 506 g/mol. The van der Waals surface area contributed by atoms with E-state index in [9.17, 15) is 31.5 Å². The molecule has 0 saturated carbocycles. The number of likely N-dealkylation sites (N-methyl/N-ethyl adjacent to an activating group) is 1. The largest absolute Gasteiger partial charge is 0.426 e. The van der Waals surface area contributed by atoms with E-state index in [4.69, 9.17) is 11.6 Å². The molecule has 12 heteroatoms. The van der Waals surface area contributed by atoms with E-state index in [1.165, 1.54) is 6.07 Å². The van der Waals surface area contributed by atoms with Gasteiger partial charge in [-0.2, -0.15) is 13.2 Å². The van der Waals surface area contributed by atoms with Crippen molar-refractivity contribution in [2.75, 3.05) is 43.4 Å². The van der Waals surface area contributed by atoms with Crippen LogP contribution in [-0.4, -0.2) is 69.3 Å². The van der Waals surface area contributed by atoms with Crippen molar-refractivity contribution in [2.24, 2.45) is 0 Å². The van der Waals surface area contributed by atoms with Crippen molar-refractivity contribution < 1.29 is 31.5 Å². The van der Waals surface area contributed by atoms with Crippen molar-refractivity contribution in [2.45, 2.75) is 28.5 Å². The van der Waals surface area contributed by atoms with Crippen molar-refractivity contribution in [3.63, 3.8) is 0 Å². The van der Waals surface area contributed by atoms with Crippen molar-refractivity contribution in [1.29, 1.82) is 0 Å². The van der Waals surface area contributed by atoms with E-state index in [2.05, 4.69) is 4.90 Å². The lowest BCUT2D eigenvalue weighted by molar-refractivity contribution is -0.242. The Hall–Kier alpha value is -2.34. The van der Waals surface area contributed by atoms with Crippen LogP contribution >= 0.6 is 11.6 Å². The molecule has 7 nitrogen and oxygen atoms in total. The number of hydrogen-bond acceptors (Lipinski definition) is 6.